The smallest absolute Gasteiger partial charge is 0.303 e. The fourth-order valence-electron chi connectivity index (χ4n) is 4.15. The van der Waals surface area contributed by atoms with Crippen LogP contribution in [0.4, 0.5) is 5.69 Å². The Kier molecular flexibility index (Phi) is 7.07. The maximum absolute atomic E-state index is 12.7. The normalized spacial score (nSPS) is 12.3. The Morgan fingerprint density at radius 1 is 0.914 bits per heavy atom. The fraction of sp³-hybridized carbons (Fsp3) is 0.179. The van der Waals surface area contributed by atoms with Gasteiger partial charge in [0.05, 0.1) is 11.9 Å². The summed E-state index contributed by atoms with van der Waals surface area (Å²) in [6.45, 7) is 1.69. The summed E-state index contributed by atoms with van der Waals surface area (Å²) in [4.78, 5) is 11.1. The zero-order valence-corrected chi connectivity index (χ0v) is 20.4. The first-order valence-corrected chi connectivity index (χ1v) is 13.1. The van der Waals surface area contributed by atoms with Gasteiger partial charge in [-0.15, -0.1) is 0 Å². The van der Waals surface area contributed by atoms with Gasteiger partial charge in [-0.1, -0.05) is 60.7 Å². The predicted molar refractivity (Wildman–Crippen MR) is 139 cm³/mol. The van der Waals surface area contributed by atoms with E-state index in [4.69, 9.17) is 9.84 Å². The van der Waals surface area contributed by atoms with Crippen molar-refractivity contribution in [2.75, 3.05) is 10.6 Å². The number of anilines is 1. The van der Waals surface area contributed by atoms with E-state index >= 15 is 0 Å². The number of nitrogens with zero attached hydrogens (tertiary/aromatic N) is 1. The van der Waals surface area contributed by atoms with Gasteiger partial charge in [0.25, 0.3) is 0 Å². The number of fused-ring (bicyclic) bond motifs is 1. The number of hydrogen-bond donors (Lipinski definition) is 1. The molecule has 0 aliphatic carbocycles. The molecule has 6 nitrogen and oxygen atoms in total. The van der Waals surface area contributed by atoms with Crippen LogP contribution in [0.5, 0.6) is 5.75 Å². The van der Waals surface area contributed by atoms with E-state index in [9.17, 15) is 13.2 Å². The number of aryl methyl sites for hydroxylation is 1. The van der Waals surface area contributed by atoms with Crippen LogP contribution in [0.1, 0.15) is 18.9 Å². The van der Waals surface area contributed by atoms with Gasteiger partial charge in [0.1, 0.15) is 5.75 Å². The van der Waals surface area contributed by atoms with Crippen LogP contribution in [-0.4, -0.2) is 32.0 Å². The molecular weight excluding hydrogens is 462 g/mol. The Labute approximate surface area is 205 Å². The highest BCUT2D eigenvalue weighted by atomic mass is 32.2. The van der Waals surface area contributed by atoms with Crippen molar-refractivity contribution in [3.05, 3.63) is 96.6 Å². The minimum absolute atomic E-state index is 0.0175. The molecule has 7 heteroatoms. The molecule has 0 aromatic heterocycles. The number of sulfonamides is 1. The molecule has 180 valence electrons. The first-order chi connectivity index (χ1) is 16.7. The molecule has 0 aliphatic heterocycles. The standard InChI is InChI=1S/C28H27NO5S/c1-20(29(35(2,32)33)25-10-4-3-5-11-25)34-27-16-12-21(13-17-28(30)31)18-26(27)24-15-14-22-8-6-7-9-23(22)19-24/h3-12,14-16,18-20H,13,17H2,1-2H3,(H,30,31). The van der Waals surface area contributed by atoms with E-state index in [1.807, 2.05) is 54.6 Å². The minimum Gasteiger partial charge on any atom is -0.481 e. The number of ether oxygens (including phenoxy) is 1. The molecule has 1 unspecified atom stereocenters. The van der Waals surface area contributed by atoms with Gasteiger partial charge in [-0.3, -0.25) is 4.79 Å². The van der Waals surface area contributed by atoms with E-state index in [1.165, 1.54) is 4.31 Å². The van der Waals surface area contributed by atoms with Crippen LogP contribution in [0.2, 0.25) is 0 Å². The van der Waals surface area contributed by atoms with Crippen molar-refractivity contribution >= 4 is 32.5 Å². The summed E-state index contributed by atoms with van der Waals surface area (Å²) in [5.74, 6) is -0.353. The van der Waals surface area contributed by atoms with Gasteiger partial charge < -0.3 is 9.84 Å². The van der Waals surface area contributed by atoms with Crippen LogP contribution < -0.4 is 9.04 Å². The first-order valence-electron chi connectivity index (χ1n) is 11.3. The van der Waals surface area contributed by atoms with E-state index < -0.39 is 22.2 Å². The first kappa shape index (κ1) is 24.3. The molecule has 4 rings (SSSR count). The van der Waals surface area contributed by atoms with Crippen LogP contribution in [-0.2, 0) is 21.2 Å². The molecule has 0 radical (unpaired) electrons. The summed E-state index contributed by atoms with van der Waals surface area (Å²) in [6.07, 6.45) is 0.727. The van der Waals surface area contributed by atoms with Crippen LogP contribution in [0.25, 0.3) is 21.9 Å². The lowest BCUT2D eigenvalue weighted by Gasteiger charge is -2.30. The molecule has 1 atom stereocenters. The number of aliphatic carboxylic acids is 1. The topological polar surface area (TPSA) is 83.9 Å². The van der Waals surface area contributed by atoms with Gasteiger partial charge >= 0.3 is 5.97 Å². The van der Waals surface area contributed by atoms with Crippen molar-refractivity contribution in [2.45, 2.75) is 26.0 Å². The molecule has 0 bridgehead atoms. The van der Waals surface area contributed by atoms with Gasteiger partial charge in [0.15, 0.2) is 6.23 Å². The molecule has 0 fully saturated rings. The van der Waals surface area contributed by atoms with Gasteiger partial charge in [0, 0.05) is 12.0 Å². The monoisotopic (exact) mass is 489 g/mol. The molecule has 0 amide bonds. The van der Waals surface area contributed by atoms with E-state index in [0.29, 0.717) is 17.9 Å². The average Bonchev–Trinajstić information content (AvgIpc) is 2.83. The van der Waals surface area contributed by atoms with E-state index in [2.05, 4.69) is 6.07 Å². The lowest BCUT2D eigenvalue weighted by atomic mass is 9.97. The van der Waals surface area contributed by atoms with E-state index in [-0.39, 0.29) is 6.42 Å². The average molecular weight is 490 g/mol. The summed E-state index contributed by atoms with van der Waals surface area (Å²) in [7, 11) is -3.63. The van der Waals surface area contributed by atoms with Crippen LogP contribution in [0, 0.1) is 0 Å². The highest BCUT2D eigenvalue weighted by Gasteiger charge is 2.26. The highest BCUT2D eigenvalue weighted by molar-refractivity contribution is 7.92. The van der Waals surface area contributed by atoms with E-state index in [0.717, 1.165) is 33.7 Å². The van der Waals surface area contributed by atoms with Crippen molar-refractivity contribution < 1.29 is 23.1 Å². The second kappa shape index (κ2) is 10.2. The molecule has 0 heterocycles. The highest BCUT2D eigenvalue weighted by Crippen LogP contribution is 2.35. The fourth-order valence-corrected chi connectivity index (χ4v) is 5.23. The summed E-state index contributed by atoms with van der Waals surface area (Å²) in [6, 6.07) is 28.4. The summed E-state index contributed by atoms with van der Waals surface area (Å²) in [5.41, 5.74) is 3.03. The molecule has 4 aromatic rings. The lowest BCUT2D eigenvalue weighted by molar-refractivity contribution is -0.136. The second-order valence-corrected chi connectivity index (χ2v) is 10.3. The van der Waals surface area contributed by atoms with Crippen molar-refractivity contribution in [1.82, 2.24) is 0 Å². The maximum Gasteiger partial charge on any atom is 0.303 e. The van der Waals surface area contributed by atoms with Crippen molar-refractivity contribution in [3.8, 4) is 16.9 Å². The lowest BCUT2D eigenvalue weighted by Crippen LogP contribution is -2.41. The third-order valence-electron chi connectivity index (χ3n) is 5.73. The van der Waals surface area contributed by atoms with Gasteiger partial charge in [-0.25, -0.2) is 12.7 Å². The number of carboxylic acids is 1. The number of rotatable bonds is 9. The SMILES string of the molecule is CC(Oc1ccc(CCC(=O)O)cc1-c1ccc2ccccc2c1)N(c1ccccc1)S(C)(=O)=O. The number of para-hydroxylation sites is 1. The Morgan fingerprint density at radius 3 is 2.29 bits per heavy atom. The van der Waals surface area contributed by atoms with Crippen LogP contribution in [0.15, 0.2) is 91.0 Å². The third kappa shape index (κ3) is 5.81. The van der Waals surface area contributed by atoms with Gasteiger partial charge in [0.2, 0.25) is 10.0 Å². The molecule has 0 aliphatic rings. The Balaban J connectivity index is 1.76. The summed E-state index contributed by atoms with van der Waals surface area (Å²) < 4.78 is 32.8. The largest absolute Gasteiger partial charge is 0.481 e. The Morgan fingerprint density at radius 2 is 1.60 bits per heavy atom. The van der Waals surface area contributed by atoms with Crippen LogP contribution >= 0.6 is 0 Å². The molecule has 0 spiro atoms. The molecule has 0 saturated carbocycles. The quantitative estimate of drug-likeness (QED) is 0.304. The molecule has 4 aromatic carbocycles. The zero-order valence-electron chi connectivity index (χ0n) is 19.6. The second-order valence-electron chi connectivity index (χ2n) is 8.40. The molecular formula is C28H27NO5S. The summed E-state index contributed by atoms with van der Waals surface area (Å²) >= 11 is 0. The van der Waals surface area contributed by atoms with E-state index in [1.54, 1.807) is 37.3 Å². The zero-order chi connectivity index (χ0) is 25.0. The Hall–Kier alpha value is -3.84. The minimum atomic E-state index is -3.63. The van der Waals surface area contributed by atoms with Gasteiger partial charge in [-0.05, 0) is 65.6 Å². The molecule has 1 N–H and O–H groups in total. The van der Waals surface area contributed by atoms with Gasteiger partial charge in [-0.2, -0.15) is 0 Å². The van der Waals surface area contributed by atoms with Crippen molar-refractivity contribution in [2.24, 2.45) is 0 Å². The molecule has 0 saturated heterocycles. The number of carbonyl (C=O) groups is 1. The number of carboxylic acid groups (broad SMARTS) is 1. The maximum atomic E-state index is 12.7. The molecule has 35 heavy (non-hydrogen) atoms. The summed E-state index contributed by atoms with van der Waals surface area (Å²) in [5, 5.41) is 11.3. The van der Waals surface area contributed by atoms with Crippen LogP contribution in [0.3, 0.4) is 0 Å². The number of benzene rings is 4. The third-order valence-corrected chi connectivity index (χ3v) is 6.95. The van der Waals surface area contributed by atoms with Crippen molar-refractivity contribution in [1.29, 1.82) is 0 Å². The number of hydrogen-bond acceptors (Lipinski definition) is 4. The predicted octanol–water partition coefficient (Wildman–Crippen LogP) is 5.72. The van der Waals surface area contributed by atoms with Crippen molar-refractivity contribution in [3.63, 3.8) is 0 Å². The Bertz CT molecular complexity index is 1450.